The van der Waals surface area contributed by atoms with Gasteiger partial charge in [-0.15, -0.1) is 0 Å². The SMILES string of the molecule is CCC(C#N)(CC)C(=O)N1CCN(CC(C)(C)O)CC1. The van der Waals surface area contributed by atoms with Gasteiger partial charge in [-0.05, 0) is 26.7 Å². The van der Waals surface area contributed by atoms with Gasteiger partial charge in [0.15, 0.2) is 0 Å². The lowest BCUT2D eigenvalue weighted by molar-refractivity contribution is -0.141. The molecule has 0 saturated carbocycles. The van der Waals surface area contributed by atoms with Crippen LogP contribution in [-0.4, -0.2) is 59.1 Å². The number of carbonyl (C=O) groups is 1. The molecule has 1 N–H and O–H groups in total. The molecule has 0 aliphatic carbocycles. The van der Waals surface area contributed by atoms with Gasteiger partial charge in [-0.25, -0.2) is 0 Å². The molecule has 0 bridgehead atoms. The number of piperazine rings is 1. The van der Waals surface area contributed by atoms with Gasteiger partial charge < -0.3 is 10.0 Å². The predicted octanol–water partition coefficient (Wildman–Crippen LogP) is 1.23. The topological polar surface area (TPSA) is 67.6 Å². The van der Waals surface area contributed by atoms with Gasteiger partial charge in [0.1, 0.15) is 5.41 Å². The van der Waals surface area contributed by atoms with E-state index in [0.717, 1.165) is 13.1 Å². The molecule has 1 saturated heterocycles. The molecule has 1 amide bonds. The van der Waals surface area contributed by atoms with Gasteiger partial charge in [-0.2, -0.15) is 5.26 Å². The number of nitrogens with zero attached hydrogens (tertiary/aromatic N) is 3. The minimum atomic E-state index is -0.863. The van der Waals surface area contributed by atoms with Crippen LogP contribution in [-0.2, 0) is 4.79 Å². The van der Waals surface area contributed by atoms with Crippen LogP contribution >= 0.6 is 0 Å². The van der Waals surface area contributed by atoms with Gasteiger partial charge in [-0.1, -0.05) is 13.8 Å². The van der Waals surface area contributed by atoms with Gasteiger partial charge >= 0.3 is 0 Å². The van der Waals surface area contributed by atoms with Crippen molar-refractivity contribution in [3.05, 3.63) is 0 Å². The van der Waals surface area contributed by atoms with E-state index in [0.29, 0.717) is 32.5 Å². The number of rotatable bonds is 5. The Morgan fingerprint density at radius 1 is 1.20 bits per heavy atom. The van der Waals surface area contributed by atoms with E-state index in [9.17, 15) is 15.2 Å². The minimum absolute atomic E-state index is 0.0343. The summed E-state index contributed by atoms with van der Waals surface area (Å²) < 4.78 is 0. The summed E-state index contributed by atoms with van der Waals surface area (Å²) in [5, 5.41) is 19.2. The van der Waals surface area contributed by atoms with Crippen LogP contribution < -0.4 is 0 Å². The molecule has 0 aromatic rings. The summed E-state index contributed by atoms with van der Waals surface area (Å²) in [5.41, 5.74) is -1.58. The fourth-order valence-corrected chi connectivity index (χ4v) is 2.72. The summed E-state index contributed by atoms with van der Waals surface area (Å²) in [6.07, 6.45) is 1.12. The maximum absolute atomic E-state index is 12.5. The molecule has 1 aliphatic rings. The molecular formula is C15H27N3O2. The van der Waals surface area contributed by atoms with Crippen molar-refractivity contribution in [2.45, 2.75) is 46.1 Å². The monoisotopic (exact) mass is 281 g/mol. The third kappa shape index (κ3) is 3.94. The fourth-order valence-electron chi connectivity index (χ4n) is 2.72. The zero-order chi connectivity index (χ0) is 15.4. The zero-order valence-electron chi connectivity index (χ0n) is 13.1. The van der Waals surface area contributed by atoms with Crippen LogP contribution in [0, 0.1) is 16.7 Å². The first-order valence-corrected chi connectivity index (χ1v) is 7.43. The Balaban J connectivity index is 2.62. The Labute approximate surface area is 122 Å². The maximum atomic E-state index is 12.5. The van der Waals surface area contributed by atoms with Crippen molar-refractivity contribution in [3.63, 3.8) is 0 Å². The van der Waals surface area contributed by atoms with Crippen LogP contribution in [0.15, 0.2) is 0 Å². The van der Waals surface area contributed by atoms with Crippen LogP contribution in [0.25, 0.3) is 0 Å². The average Bonchev–Trinajstić information content (AvgIpc) is 2.40. The van der Waals surface area contributed by atoms with Gasteiger partial charge in [-0.3, -0.25) is 9.69 Å². The van der Waals surface area contributed by atoms with E-state index >= 15 is 0 Å². The molecule has 1 aliphatic heterocycles. The molecule has 114 valence electrons. The highest BCUT2D eigenvalue weighted by molar-refractivity contribution is 5.85. The van der Waals surface area contributed by atoms with Crippen LogP contribution in [0.5, 0.6) is 0 Å². The summed E-state index contributed by atoms with van der Waals surface area (Å²) in [7, 11) is 0. The molecule has 5 heteroatoms. The molecule has 1 heterocycles. The second-order valence-electron chi connectivity index (χ2n) is 6.28. The lowest BCUT2D eigenvalue weighted by Gasteiger charge is -2.39. The molecule has 0 aromatic carbocycles. The Kier molecular flexibility index (Phi) is 5.55. The first kappa shape index (κ1) is 16.9. The first-order valence-electron chi connectivity index (χ1n) is 7.43. The molecule has 1 fully saturated rings. The van der Waals surface area contributed by atoms with Crippen LogP contribution in [0.4, 0.5) is 0 Å². The van der Waals surface area contributed by atoms with E-state index in [4.69, 9.17) is 0 Å². The third-order valence-corrected chi connectivity index (χ3v) is 4.10. The van der Waals surface area contributed by atoms with Crippen molar-refractivity contribution in [1.82, 2.24) is 9.80 Å². The highest BCUT2D eigenvalue weighted by Gasteiger charge is 2.39. The summed E-state index contributed by atoms with van der Waals surface area (Å²) >= 11 is 0. The lowest BCUT2D eigenvalue weighted by atomic mass is 9.82. The van der Waals surface area contributed by atoms with Gasteiger partial charge in [0, 0.05) is 32.7 Å². The second-order valence-corrected chi connectivity index (χ2v) is 6.28. The number of β-amino-alcohol motifs (C(OH)–C–C–N with tert-alkyl or cyclic N) is 1. The smallest absolute Gasteiger partial charge is 0.243 e. The predicted molar refractivity (Wildman–Crippen MR) is 77.9 cm³/mol. The molecule has 20 heavy (non-hydrogen) atoms. The van der Waals surface area contributed by atoms with E-state index in [1.165, 1.54) is 0 Å². The molecule has 0 radical (unpaired) electrons. The second kappa shape index (κ2) is 6.55. The van der Waals surface area contributed by atoms with E-state index in [1.54, 1.807) is 18.7 Å². The van der Waals surface area contributed by atoms with Crippen LogP contribution in [0.2, 0.25) is 0 Å². The van der Waals surface area contributed by atoms with Crippen molar-refractivity contribution < 1.29 is 9.90 Å². The van der Waals surface area contributed by atoms with Crippen LogP contribution in [0.1, 0.15) is 40.5 Å². The molecule has 1 rings (SSSR count). The van der Waals surface area contributed by atoms with Crippen LogP contribution in [0.3, 0.4) is 0 Å². The van der Waals surface area contributed by atoms with Crippen molar-refractivity contribution in [1.29, 1.82) is 5.26 Å². The third-order valence-electron chi connectivity index (χ3n) is 4.10. The van der Waals surface area contributed by atoms with Crippen molar-refractivity contribution in [2.75, 3.05) is 32.7 Å². The highest BCUT2D eigenvalue weighted by atomic mass is 16.3. The number of hydrogen-bond acceptors (Lipinski definition) is 4. The van der Waals surface area contributed by atoms with Crippen molar-refractivity contribution >= 4 is 5.91 Å². The van der Waals surface area contributed by atoms with Crippen molar-refractivity contribution in [2.24, 2.45) is 5.41 Å². The lowest BCUT2D eigenvalue weighted by Crippen LogP contribution is -2.54. The summed E-state index contributed by atoms with van der Waals surface area (Å²) in [4.78, 5) is 16.5. The minimum Gasteiger partial charge on any atom is -0.389 e. The molecule has 0 atom stereocenters. The molecular weight excluding hydrogens is 254 g/mol. The van der Waals surface area contributed by atoms with E-state index in [2.05, 4.69) is 11.0 Å². The maximum Gasteiger partial charge on any atom is 0.243 e. The largest absolute Gasteiger partial charge is 0.389 e. The zero-order valence-corrected chi connectivity index (χ0v) is 13.1. The molecule has 0 spiro atoms. The standard InChI is InChI=1S/C15H27N3O2/c1-5-15(6-2,11-16)13(19)18-9-7-17(8-10-18)12-14(3,4)20/h20H,5-10,12H2,1-4H3. The highest BCUT2D eigenvalue weighted by Crippen LogP contribution is 2.28. The number of carbonyl (C=O) groups excluding carboxylic acids is 1. The Morgan fingerprint density at radius 2 is 1.70 bits per heavy atom. The van der Waals surface area contributed by atoms with Gasteiger partial charge in [0.25, 0.3) is 0 Å². The summed E-state index contributed by atoms with van der Waals surface area (Å²) in [6.45, 7) is 10.8. The number of nitriles is 1. The summed E-state index contributed by atoms with van der Waals surface area (Å²) in [6, 6.07) is 2.22. The fraction of sp³-hybridized carbons (Fsp3) is 0.867. The Bertz CT molecular complexity index is 370. The van der Waals surface area contributed by atoms with E-state index in [1.807, 2.05) is 13.8 Å². The average molecular weight is 281 g/mol. The Hall–Kier alpha value is -1.12. The van der Waals surface area contributed by atoms with E-state index in [-0.39, 0.29) is 5.91 Å². The molecule has 0 aromatic heterocycles. The summed E-state index contributed by atoms with van der Waals surface area (Å²) in [5.74, 6) is -0.0343. The molecule has 0 unspecified atom stereocenters. The first-order chi connectivity index (χ1) is 9.28. The number of aliphatic hydroxyl groups is 1. The Morgan fingerprint density at radius 3 is 2.05 bits per heavy atom. The normalized spacial score (nSPS) is 17.9. The quantitative estimate of drug-likeness (QED) is 0.823. The van der Waals surface area contributed by atoms with E-state index < -0.39 is 11.0 Å². The number of hydrogen-bond donors (Lipinski definition) is 1. The number of amides is 1. The van der Waals surface area contributed by atoms with Gasteiger partial charge in [0.2, 0.25) is 5.91 Å². The van der Waals surface area contributed by atoms with Gasteiger partial charge in [0.05, 0.1) is 11.7 Å². The van der Waals surface area contributed by atoms with Crippen molar-refractivity contribution in [3.8, 4) is 6.07 Å². The molecule has 5 nitrogen and oxygen atoms in total.